The van der Waals surface area contributed by atoms with Crippen molar-refractivity contribution in [2.75, 3.05) is 20.8 Å². The summed E-state index contributed by atoms with van der Waals surface area (Å²) in [6.45, 7) is 1.15. The summed E-state index contributed by atoms with van der Waals surface area (Å²) in [5, 5.41) is 3.72. The zero-order valence-corrected chi connectivity index (χ0v) is 13.2. The standard InChI is InChI=1S/C18H27NO2/c1-20-15-9-10-18(21-2)17(11-15)16-6-4-3-5-13(16)12-19-14-7-8-14/h9-11,13-14,16,19H,3-8,12H2,1-2H3. The van der Waals surface area contributed by atoms with E-state index in [9.17, 15) is 0 Å². The van der Waals surface area contributed by atoms with Crippen molar-refractivity contribution in [2.24, 2.45) is 5.92 Å². The Kier molecular flexibility index (Phi) is 4.69. The van der Waals surface area contributed by atoms with Gasteiger partial charge in [-0.05, 0) is 62.3 Å². The summed E-state index contributed by atoms with van der Waals surface area (Å²) in [7, 11) is 3.50. The Morgan fingerprint density at radius 1 is 1.05 bits per heavy atom. The summed E-state index contributed by atoms with van der Waals surface area (Å²) in [6.07, 6.45) is 8.00. The highest BCUT2D eigenvalue weighted by atomic mass is 16.5. The quantitative estimate of drug-likeness (QED) is 0.865. The first-order valence-electron chi connectivity index (χ1n) is 8.27. The molecule has 3 heteroatoms. The minimum absolute atomic E-state index is 0.593. The van der Waals surface area contributed by atoms with E-state index in [1.165, 1.54) is 44.1 Å². The molecule has 0 saturated heterocycles. The van der Waals surface area contributed by atoms with Crippen LogP contribution in [0.1, 0.15) is 50.0 Å². The van der Waals surface area contributed by atoms with Gasteiger partial charge in [-0.25, -0.2) is 0 Å². The number of methoxy groups -OCH3 is 2. The van der Waals surface area contributed by atoms with Crippen LogP contribution in [0.25, 0.3) is 0 Å². The smallest absolute Gasteiger partial charge is 0.122 e. The first-order valence-corrected chi connectivity index (χ1v) is 8.27. The predicted molar refractivity (Wildman–Crippen MR) is 85.3 cm³/mol. The van der Waals surface area contributed by atoms with E-state index in [0.29, 0.717) is 5.92 Å². The van der Waals surface area contributed by atoms with Crippen molar-refractivity contribution in [1.29, 1.82) is 0 Å². The van der Waals surface area contributed by atoms with Gasteiger partial charge >= 0.3 is 0 Å². The SMILES string of the molecule is COc1ccc(OC)c(C2CCCCC2CNC2CC2)c1. The van der Waals surface area contributed by atoms with Gasteiger partial charge in [-0.1, -0.05) is 12.8 Å². The van der Waals surface area contributed by atoms with E-state index in [1.54, 1.807) is 14.2 Å². The van der Waals surface area contributed by atoms with Gasteiger partial charge < -0.3 is 14.8 Å². The monoisotopic (exact) mass is 289 g/mol. The first kappa shape index (κ1) is 14.7. The molecule has 3 nitrogen and oxygen atoms in total. The van der Waals surface area contributed by atoms with Crippen molar-refractivity contribution >= 4 is 0 Å². The minimum atomic E-state index is 0.593. The van der Waals surface area contributed by atoms with Crippen LogP contribution < -0.4 is 14.8 Å². The number of benzene rings is 1. The summed E-state index contributed by atoms with van der Waals surface area (Å²) in [6, 6.07) is 7.01. The van der Waals surface area contributed by atoms with Crippen molar-refractivity contribution in [3.05, 3.63) is 23.8 Å². The second-order valence-electron chi connectivity index (χ2n) is 6.44. The number of ether oxygens (including phenoxy) is 2. The number of rotatable bonds is 6. The van der Waals surface area contributed by atoms with Crippen molar-refractivity contribution in [1.82, 2.24) is 5.32 Å². The third-order valence-electron chi connectivity index (χ3n) is 4.99. The zero-order chi connectivity index (χ0) is 14.7. The van der Waals surface area contributed by atoms with Crippen LogP contribution in [0.2, 0.25) is 0 Å². The van der Waals surface area contributed by atoms with Crippen LogP contribution in [0.4, 0.5) is 0 Å². The van der Waals surface area contributed by atoms with Crippen LogP contribution in [0.5, 0.6) is 11.5 Å². The predicted octanol–water partition coefficient (Wildman–Crippen LogP) is 3.73. The Morgan fingerprint density at radius 3 is 2.57 bits per heavy atom. The third kappa shape index (κ3) is 3.52. The summed E-state index contributed by atoms with van der Waals surface area (Å²) in [5.41, 5.74) is 1.33. The minimum Gasteiger partial charge on any atom is -0.497 e. The molecule has 1 N–H and O–H groups in total. The molecule has 2 unspecified atom stereocenters. The van der Waals surface area contributed by atoms with Gasteiger partial charge in [-0.15, -0.1) is 0 Å². The van der Waals surface area contributed by atoms with Crippen LogP contribution >= 0.6 is 0 Å². The molecule has 2 fully saturated rings. The fraction of sp³-hybridized carbons (Fsp3) is 0.667. The van der Waals surface area contributed by atoms with Gasteiger partial charge in [0, 0.05) is 11.6 Å². The maximum Gasteiger partial charge on any atom is 0.122 e. The first-order chi connectivity index (χ1) is 10.3. The van der Waals surface area contributed by atoms with Crippen LogP contribution in [0.3, 0.4) is 0 Å². The topological polar surface area (TPSA) is 30.5 Å². The second-order valence-corrected chi connectivity index (χ2v) is 6.44. The Bertz CT molecular complexity index is 470. The molecule has 2 aliphatic rings. The lowest BCUT2D eigenvalue weighted by Gasteiger charge is -2.33. The van der Waals surface area contributed by atoms with Gasteiger partial charge in [0.05, 0.1) is 14.2 Å². The molecule has 0 amide bonds. The van der Waals surface area contributed by atoms with Gasteiger partial charge in [-0.3, -0.25) is 0 Å². The van der Waals surface area contributed by atoms with E-state index in [1.807, 2.05) is 12.1 Å². The molecule has 0 aromatic heterocycles. The van der Waals surface area contributed by atoms with Gasteiger partial charge in [0.15, 0.2) is 0 Å². The summed E-state index contributed by atoms with van der Waals surface area (Å²) in [4.78, 5) is 0. The van der Waals surface area contributed by atoms with E-state index in [2.05, 4.69) is 11.4 Å². The lowest BCUT2D eigenvalue weighted by molar-refractivity contribution is 0.286. The average Bonchev–Trinajstić information content (AvgIpc) is 3.37. The van der Waals surface area contributed by atoms with Crippen LogP contribution in [0, 0.1) is 5.92 Å². The maximum absolute atomic E-state index is 5.61. The van der Waals surface area contributed by atoms with Crippen LogP contribution in [0.15, 0.2) is 18.2 Å². The summed E-state index contributed by atoms with van der Waals surface area (Å²) >= 11 is 0. The van der Waals surface area contributed by atoms with Crippen LogP contribution in [-0.2, 0) is 0 Å². The zero-order valence-electron chi connectivity index (χ0n) is 13.2. The molecule has 0 heterocycles. The molecule has 3 rings (SSSR count). The molecule has 116 valence electrons. The van der Waals surface area contributed by atoms with Crippen molar-refractivity contribution in [2.45, 2.75) is 50.5 Å². The van der Waals surface area contributed by atoms with E-state index in [-0.39, 0.29) is 0 Å². The average molecular weight is 289 g/mol. The molecular weight excluding hydrogens is 262 g/mol. The Balaban J connectivity index is 1.80. The number of hydrogen-bond acceptors (Lipinski definition) is 3. The highest BCUT2D eigenvalue weighted by molar-refractivity contribution is 5.43. The molecule has 0 radical (unpaired) electrons. The van der Waals surface area contributed by atoms with E-state index >= 15 is 0 Å². The maximum atomic E-state index is 5.61. The molecule has 0 bridgehead atoms. The highest BCUT2D eigenvalue weighted by Gasteiger charge is 2.30. The van der Waals surface area contributed by atoms with Crippen molar-refractivity contribution < 1.29 is 9.47 Å². The van der Waals surface area contributed by atoms with E-state index in [0.717, 1.165) is 30.0 Å². The second kappa shape index (κ2) is 6.69. The lowest BCUT2D eigenvalue weighted by atomic mass is 9.75. The largest absolute Gasteiger partial charge is 0.497 e. The third-order valence-corrected chi connectivity index (χ3v) is 4.99. The van der Waals surface area contributed by atoms with Crippen molar-refractivity contribution in [3.8, 4) is 11.5 Å². The van der Waals surface area contributed by atoms with Crippen molar-refractivity contribution in [3.63, 3.8) is 0 Å². The highest BCUT2D eigenvalue weighted by Crippen LogP contribution is 2.42. The molecule has 2 aliphatic carbocycles. The number of hydrogen-bond donors (Lipinski definition) is 1. The van der Waals surface area contributed by atoms with Gasteiger partial charge in [-0.2, -0.15) is 0 Å². The fourth-order valence-electron chi connectivity index (χ4n) is 3.60. The van der Waals surface area contributed by atoms with E-state index < -0.39 is 0 Å². The van der Waals surface area contributed by atoms with Gasteiger partial charge in [0.2, 0.25) is 0 Å². The fourth-order valence-corrected chi connectivity index (χ4v) is 3.60. The molecule has 0 aliphatic heterocycles. The Morgan fingerprint density at radius 2 is 1.86 bits per heavy atom. The molecule has 2 saturated carbocycles. The molecule has 2 atom stereocenters. The Labute approximate surface area is 128 Å². The van der Waals surface area contributed by atoms with Gasteiger partial charge in [0.25, 0.3) is 0 Å². The number of nitrogens with one attached hydrogen (secondary N) is 1. The molecule has 21 heavy (non-hydrogen) atoms. The lowest BCUT2D eigenvalue weighted by Crippen LogP contribution is -2.31. The Hall–Kier alpha value is -1.22. The molecule has 0 spiro atoms. The summed E-state index contributed by atoms with van der Waals surface area (Å²) in [5.74, 6) is 3.26. The molecular formula is C18H27NO2. The molecule has 1 aromatic rings. The van der Waals surface area contributed by atoms with Gasteiger partial charge in [0.1, 0.15) is 11.5 Å². The van der Waals surface area contributed by atoms with E-state index in [4.69, 9.17) is 9.47 Å². The molecule has 1 aromatic carbocycles. The normalized spacial score (nSPS) is 25.6. The van der Waals surface area contributed by atoms with Crippen LogP contribution in [-0.4, -0.2) is 26.8 Å². The summed E-state index contributed by atoms with van der Waals surface area (Å²) < 4.78 is 11.0.